The first-order chi connectivity index (χ1) is 16.7. The number of amides is 1. The molecule has 4 aromatic rings. The Labute approximate surface area is 207 Å². The van der Waals surface area contributed by atoms with Gasteiger partial charge in [-0.25, -0.2) is 0 Å². The van der Waals surface area contributed by atoms with Crippen LogP contribution in [0, 0.1) is 5.92 Å². The van der Waals surface area contributed by atoms with Gasteiger partial charge in [-0.3, -0.25) is 9.69 Å². The highest BCUT2D eigenvalue weighted by Crippen LogP contribution is 2.29. The van der Waals surface area contributed by atoms with E-state index < -0.39 is 0 Å². The molecule has 7 heteroatoms. The highest BCUT2D eigenvalue weighted by molar-refractivity contribution is 9.10. The van der Waals surface area contributed by atoms with Crippen LogP contribution >= 0.6 is 15.9 Å². The molecule has 0 spiro atoms. The number of likely N-dealkylation sites (tertiary alicyclic amines) is 1. The lowest BCUT2D eigenvalue weighted by atomic mass is 9.96. The topological polar surface area (TPSA) is 71.3 Å². The van der Waals surface area contributed by atoms with Crippen molar-refractivity contribution in [1.29, 1.82) is 0 Å². The predicted molar refractivity (Wildman–Crippen MR) is 136 cm³/mol. The van der Waals surface area contributed by atoms with Gasteiger partial charge in [0.05, 0.1) is 12.5 Å². The minimum atomic E-state index is -0.0913. The van der Waals surface area contributed by atoms with Gasteiger partial charge in [0, 0.05) is 27.8 Å². The fourth-order valence-corrected chi connectivity index (χ4v) is 4.60. The largest absolute Gasteiger partial charge is 0.338 e. The maximum atomic E-state index is 13.2. The summed E-state index contributed by atoms with van der Waals surface area (Å²) >= 11 is 3.44. The number of para-hydroxylation sites is 1. The number of carbonyl (C=O) groups is 1. The van der Waals surface area contributed by atoms with E-state index in [1.165, 1.54) is 0 Å². The molecule has 1 fully saturated rings. The van der Waals surface area contributed by atoms with Crippen molar-refractivity contribution in [2.45, 2.75) is 19.4 Å². The normalized spacial score (nSPS) is 16.3. The van der Waals surface area contributed by atoms with E-state index in [2.05, 4.69) is 48.4 Å². The third-order valence-electron chi connectivity index (χ3n) is 6.08. The number of carbonyl (C=O) groups excluding carboxylic acids is 1. The van der Waals surface area contributed by atoms with Gasteiger partial charge in [-0.1, -0.05) is 69.6 Å². The minimum Gasteiger partial charge on any atom is -0.338 e. The van der Waals surface area contributed by atoms with Gasteiger partial charge in [-0.2, -0.15) is 4.98 Å². The molecule has 172 valence electrons. The average Bonchev–Trinajstić information content (AvgIpc) is 3.34. The van der Waals surface area contributed by atoms with Gasteiger partial charge in [0.15, 0.2) is 0 Å². The monoisotopic (exact) mass is 516 g/mol. The van der Waals surface area contributed by atoms with Crippen molar-refractivity contribution in [2.24, 2.45) is 5.92 Å². The summed E-state index contributed by atoms with van der Waals surface area (Å²) in [6.07, 6.45) is 1.82. The number of hydrogen-bond donors (Lipinski definition) is 1. The van der Waals surface area contributed by atoms with Crippen molar-refractivity contribution < 1.29 is 9.32 Å². The van der Waals surface area contributed by atoms with Crippen molar-refractivity contribution in [2.75, 3.05) is 18.4 Å². The third-order valence-corrected chi connectivity index (χ3v) is 6.60. The number of hydrogen-bond acceptors (Lipinski definition) is 5. The summed E-state index contributed by atoms with van der Waals surface area (Å²) in [7, 11) is 0. The molecule has 1 saturated heterocycles. The molecule has 1 aliphatic heterocycles. The van der Waals surface area contributed by atoms with Crippen molar-refractivity contribution in [3.63, 3.8) is 0 Å². The molecule has 2 heterocycles. The van der Waals surface area contributed by atoms with E-state index in [1.807, 2.05) is 66.7 Å². The summed E-state index contributed by atoms with van der Waals surface area (Å²) < 4.78 is 6.50. The predicted octanol–water partition coefficient (Wildman–Crippen LogP) is 6.02. The lowest BCUT2D eigenvalue weighted by Gasteiger charge is -2.31. The van der Waals surface area contributed by atoms with Crippen LogP contribution in [0.3, 0.4) is 0 Å². The molecule has 0 radical (unpaired) electrons. The molecule has 5 rings (SSSR count). The van der Waals surface area contributed by atoms with Crippen LogP contribution in [0.5, 0.6) is 0 Å². The first kappa shape index (κ1) is 22.5. The molecule has 0 bridgehead atoms. The van der Waals surface area contributed by atoms with Crippen molar-refractivity contribution in [3.8, 4) is 22.5 Å². The van der Waals surface area contributed by atoms with Gasteiger partial charge in [-0.05, 0) is 55.3 Å². The van der Waals surface area contributed by atoms with E-state index in [4.69, 9.17) is 4.52 Å². The van der Waals surface area contributed by atoms with Crippen LogP contribution in [0.4, 0.5) is 5.69 Å². The molecule has 1 aliphatic rings. The second-order valence-electron chi connectivity index (χ2n) is 8.49. The smallest absolute Gasteiger partial charge is 0.241 e. The molecule has 1 aromatic heterocycles. The van der Waals surface area contributed by atoms with Crippen LogP contribution in [0.15, 0.2) is 87.9 Å². The molecule has 0 aliphatic carbocycles. The summed E-state index contributed by atoms with van der Waals surface area (Å²) in [5, 5.41) is 7.30. The number of nitrogens with one attached hydrogen (secondary N) is 1. The van der Waals surface area contributed by atoms with Gasteiger partial charge < -0.3 is 9.84 Å². The van der Waals surface area contributed by atoms with Gasteiger partial charge in [0.2, 0.25) is 17.6 Å². The molecule has 3 aromatic carbocycles. The summed E-state index contributed by atoms with van der Waals surface area (Å²) in [5.74, 6) is 1.10. The molecule has 0 saturated carbocycles. The van der Waals surface area contributed by atoms with Crippen molar-refractivity contribution in [1.82, 2.24) is 15.0 Å². The zero-order chi connectivity index (χ0) is 23.3. The first-order valence-corrected chi connectivity index (χ1v) is 12.2. The fraction of sp³-hybridized carbons (Fsp3) is 0.222. The Kier molecular flexibility index (Phi) is 6.83. The molecule has 6 nitrogen and oxygen atoms in total. The Morgan fingerprint density at radius 1 is 1.00 bits per heavy atom. The lowest BCUT2D eigenvalue weighted by molar-refractivity contribution is -0.121. The highest BCUT2D eigenvalue weighted by atomic mass is 79.9. The van der Waals surface area contributed by atoms with E-state index in [0.29, 0.717) is 24.8 Å². The number of rotatable bonds is 6. The number of benzene rings is 3. The van der Waals surface area contributed by atoms with E-state index in [1.54, 1.807) is 0 Å². The maximum Gasteiger partial charge on any atom is 0.241 e. The second-order valence-corrected chi connectivity index (χ2v) is 9.41. The molecular formula is C27H25BrN4O2. The van der Waals surface area contributed by atoms with E-state index in [0.717, 1.165) is 46.2 Å². The average molecular weight is 517 g/mol. The highest BCUT2D eigenvalue weighted by Gasteiger charge is 2.27. The van der Waals surface area contributed by atoms with Gasteiger partial charge in [-0.15, -0.1) is 0 Å². The van der Waals surface area contributed by atoms with E-state index in [9.17, 15) is 4.79 Å². The van der Waals surface area contributed by atoms with Crippen LogP contribution in [0.1, 0.15) is 18.7 Å². The molecule has 1 atom stereocenters. The minimum absolute atomic E-state index is 0.0501. The summed E-state index contributed by atoms with van der Waals surface area (Å²) in [6, 6.07) is 25.9. The van der Waals surface area contributed by atoms with Crippen LogP contribution in [-0.4, -0.2) is 34.0 Å². The Morgan fingerprint density at radius 3 is 2.59 bits per heavy atom. The number of nitrogens with zero attached hydrogens (tertiary/aromatic N) is 3. The first-order valence-electron chi connectivity index (χ1n) is 11.4. The molecule has 34 heavy (non-hydrogen) atoms. The van der Waals surface area contributed by atoms with Gasteiger partial charge in [0.1, 0.15) is 0 Å². The van der Waals surface area contributed by atoms with Crippen molar-refractivity contribution >= 4 is 27.5 Å². The summed E-state index contributed by atoms with van der Waals surface area (Å²) in [5.41, 5.74) is 3.86. The number of aromatic nitrogens is 2. The maximum absolute atomic E-state index is 13.2. The standard InChI is InChI=1S/C27H25BrN4O2/c28-22-14-12-20(13-15-22)26-30-25(34-31-26)18-32-16-6-9-21(17-32)27(33)29-24-11-5-4-10-23(24)19-7-2-1-3-8-19/h1-5,7-8,10-15,21H,6,9,16-18H2,(H,29,33). The van der Waals surface area contributed by atoms with Crippen LogP contribution in [0.25, 0.3) is 22.5 Å². The summed E-state index contributed by atoms with van der Waals surface area (Å²) in [4.78, 5) is 19.9. The molecule has 1 amide bonds. The Hall–Kier alpha value is -3.29. The molecule has 1 unspecified atom stereocenters. The Balaban J connectivity index is 1.23. The van der Waals surface area contributed by atoms with E-state index in [-0.39, 0.29) is 11.8 Å². The number of anilines is 1. The Bertz CT molecular complexity index is 1260. The summed E-state index contributed by atoms with van der Waals surface area (Å²) in [6.45, 7) is 2.10. The number of halogens is 1. The lowest BCUT2D eigenvalue weighted by Crippen LogP contribution is -2.40. The van der Waals surface area contributed by atoms with Crippen LogP contribution in [-0.2, 0) is 11.3 Å². The SMILES string of the molecule is O=C(Nc1ccccc1-c1ccccc1)C1CCCN(Cc2nc(-c3ccc(Br)cc3)no2)C1. The Morgan fingerprint density at radius 2 is 1.76 bits per heavy atom. The van der Waals surface area contributed by atoms with Crippen LogP contribution in [0.2, 0.25) is 0 Å². The quantitative estimate of drug-likeness (QED) is 0.339. The zero-order valence-electron chi connectivity index (χ0n) is 18.7. The second kappa shape index (κ2) is 10.3. The fourth-order valence-electron chi connectivity index (χ4n) is 4.34. The van der Waals surface area contributed by atoms with Gasteiger partial charge in [0.25, 0.3) is 0 Å². The van der Waals surface area contributed by atoms with E-state index >= 15 is 0 Å². The molecule has 1 N–H and O–H groups in total. The third kappa shape index (κ3) is 5.26. The number of piperidine rings is 1. The zero-order valence-corrected chi connectivity index (χ0v) is 20.2. The van der Waals surface area contributed by atoms with Crippen molar-refractivity contribution in [3.05, 3.63) is 89.2 Å². The van der Waals surface area contributed by atoms with Crippen LogP contribution < -0.4 is 5.32 Å². The molecular weight excluding hydrogens is 492 g/mol. The van der Waals surface area contributed by atoms with Gasteiger partial charge >= 0.3 is 0 Å².